The molecule has 1 rings (SSSR count). The quantitative estimate of drug-likeness (QED) is 0.793. The summed E-state index contributed by atoms with van der Waals surface area (Å²) in [6.07, 6.45) is 0. The minimum atomic E-state index is 0.588. The van der Waals surface area contributed by atoms with E-state index in [1.54, 1.807) is 26.4 Å². The molecule has 0 atom stereocenters. The van der Waals surface area contributed by atoms with E-state index >= 15 is 0 Å². The Hall–Kier alpha value is -0.900. The second-order valence-electron chi connectivity index (χ2n) is 2.23. The summed E-state index contributed by atoms with van der Waals surface area (Å²) in [6, 6.07) is 3.48. The first kappa shape index (κ1) is 9.19. The first-order chi connectivity index (χ1) is 5.69. The molecular formula is C8H10BrNO2. The van der Waals surface area contributed by atoms with Gasteiger partial charge in [0.1, 0.15) is 11.5 Å². The first-order valence-corrected chi connectivity index (χ1v) is 4.15. The summed E-state index contributed by atoms with van der Waals surface area (Å²) in [7, 11) is 3.16. The predicted octanol–water partition coefficient (Wildman–Crippen LogP) is 2.05. The number of hydrogen-bond donors (Lipinski definition) is 1. The van der Waals surface area contributed by atoms with Crippen molar-refractivity contribution in [2.45, 2.75) is 0 Å². The maximum atomic E-state index is 5.64. The van der Waals surface area contributed by atoms with E-state index in [4.69, 9.17) is 15.2 Å². The van der Waals surface area contributed by atoms with Crippen molar-refractivity contribution in [1.82, 2.24) is 0 Å². The molecule has 0 unspecified atom stereocenters. The van der Waals surface area contributed by atoms with Crippen LogP contribution in [0.25, 0.3) is 0 Å². The summed E-state index contributed by atoms with van der Waals surface area (Å²) in [5, 5.41) is 0. The van der Waals surface area contributed by atoms with Gasteiger partial charge in [-0.05, 0) is 22.0 Å². The highest BCUT2D eigenvalue weighted by Crippen LogP contribution is 2.33. The van der Waals surface area contributed by atoms with Crippen molar-refractivity contribution in [3.8, 4) is 11.5 Å². The van der Waals surface area contributed by atoms with Gasteiger partial charge >= 0.3 is 0 Å². The van der Waals surface area contributed by atoms with Gasteiger partial charge in [0.2, 0.25) is 0 Å². The lowest BCUT2D eigenvalue weighted by Gasteiger charge is -2.08. The van der Waals surface area contributed by atoms with Crippen LogP contribution in [-0.4, -0.2) is 14.2 Å². The molecule has 0 aliphatic rings. The van der Waals surface area contributed by atoms with Crippen LogP contribution in [0, 0.1) is 0 Å². The van der Waals surface area contributed by atoms with Crippen LogP contribution in [-0.2, 0) is 0 Å². The minimum Gasteiger partial charge on any atom is -0.495 e. The second kappa shape index (κ2) is 3.67. The number of ether oxygens (including phenoxy) is 2. The van der Waals surface area contributed by atoms with Crippen LogP contribution in [0.2, 0.25) is 0 Å². The smallest absolute Gasteiger partial charge is 0.145 e. The molecule has 4 heteroatoms. The van der Waals surface area contributed by atoms with E-state index in [2.05, 4.69) is 15.9 Å². The maximum Gasteiger partial charge on any atom is 0.145 e. The molecule has 0 saturated carbocycles. The zero-order chi connectivity index (χ0) is 9.14. The van der Waals surface area contributed by atoms with E-state index in [1.165, 1.54) is 0 Å². The average Bonchev–Trinajstić information content (AvgIpc) is 2.05. The molecule has 0 radical (unpaired) electrons. The average molecular weight is 232 g/mol. The lowest BCUT2D eigenvalue weighted by molar-refractivity contribution is 0.394. The van der Waals surface area contributed by atoms with E-state index in [-0.39, 0.29) is 0 Å². The summed E-state index contributed by atoms with van der Waals surface area (Å²) in [5.74, 6) is 1.33. The number of nitrogens with two attached hydrogens (primary N) is 1. The van der Waals surface area contributed by atoms with E-state index in [0.717, 1.165) is 4.47 Å². The number of halogens is 1. The Bertz CT molecular complexity index is 263. The van der Waals surface area contributed by atoms with E-state index < -0.39 is 0 Å². The zero-order valence-corrected chi connectivity index (χ0v) is 8.51. The SMILES string of the molecule is COc1cc(OC)c(Br)cc1N. The fourth-order valence-electron chi connectivity index (χ4n) is 0.883. The van der Waals surface area contributed by atoms with Crippen molar-refractivity contribution in [2.75, 3.05) is 20.0 Å². The summed E-state index contributed by atoms with van der Waals surface area (Å²) in [5.41, 5.74) is 6.23. The normalized spacial score (nSPS) is 9.58. The molecule has 0 amide bonds. The largest absolute Gasteiger partial charge is 0.495 e. The van der Waals surface area contributed by atoms with Crippen LogP contribution < -0.4 is 15.2 Å². The van der Waals surface area contributed by atoms with Crippen molar-refractivity contribution in [1.29, 1.82) is 0 Å². The van der Waals surface area contributed by atoms with Gasteiger partial charge in [0.25, 0.3) is 0 Å². The second-order valence-corrected chi connectivity index (χ2v) is 3.08. The highest BCUT2D eigenvalue weighted by Gasteiger charge is 2.05. The highest BCUT2D eigenvalue weighted by molar-refractivity contribution is 9.10. The Morgan fingerprint density at radius 2 is 1.75 bits per heavy atom. The van der Waals surface area contributed by atoms with Crippen LogP contribution in [0.5, 0.6) is 11.5 Å². The lowest BCUT2D eigenvalue weighted by atomic mass is 10.3. The van der Waals surface area contributed by atoms with Crippen LogP contribution in [0.4, 0.5) is 5.69 Å². The number of methoxy groups -OCH3 is 2. The Balaban J connectivity index is 3.18. The Kier molecular flexibility index (Phi) is 2.81. The summed E-state index contributed by atoms with van der Waals surface area (Å²) < 4.78 is 10.9. The zero-order valence-electron chi connectivity index (χ0n) is 6.93. The molecule has 66 valence electrons. The molecule has 2 N–H and O–H groups in total. The van der Waals surface area contributed by atoms with Crippen LogP contribution in [0.3, 0.4) is 0 Å². The summed E-state index contributed by atoms with van der Waals surface area (Å²) in [4.78, 5) is 0. The number of hydrogen-bond acceptors (Lipinski definition) is 3. The van der Waals surface area contributed by atoms with Crippen molar-refractivity contribution in [3.05, 3.63) is 16.6 Å². The number of nitrogen functional groups attached to an aromatic ring is 1. The minimum absolute atomic E-state index is 0.588. The van der Waals surface area contributed by atoms with Crippen LogP contribution >= 0.6 is 15.9 Å². The molecule has 0 bridgehead atoms. The lowest BCUT2D eigenvalue weighted by Crippen LogP contribution is -1.94. The van der Waals surface area contributed by atoms with Crippen molar-refractivity contribution in [2.24, 2.45) is 0 Å². The molecule has 0 saturated heterocycles. The van der Waals surface area contributed by atoms with Gasteiger partial charge in [-0.3, -0.25) is 0 Å². The first-order valence-electron chi connectivity index (χ1n) is 3.36. The Morgan fingerprint density at radius 3 is 2.25 bits per heavy atom. The Morgan fingerprint density at radius 1 is 1.17 bits per heavy atom. The number of anilines is 1. The summed E-state index contributed by atoms with van der Waals surface area (Å²) in [6.45, 7) is 0. The van der Waals surface area contributed by atoms with Gasteiger partial charge < -0.3 is 15.2 Å². The van der Waals surface area contributed by atoms with Crippen molar-refractivity contribution >= 4 is 21.6 Å². The Labute approximate surface area is 79.6 Å². The van der Waals surface area contributed by atoms with Gasteiger partial charge in [0.15, 0.2) is 0 Å². The fraction of sp³-hybridized carbons (Fsp3) is 0.250. The maximum absolute atomic E-state index is 5.64. The van der Waals surface area contributed by atoms with Gasteiger partial charge in [0.05, 0.1) is 24.4 Å². The molecule has 0 aromatic heterocycles. The van der Waals surface area contributed by atoms with Gasteiger partial charge in [-0.25, -0.2) is 0 Å². The molecule has 0 spiro atoms. The van der Waals surface area contributed by atoms with Crippen LogP contribution in [0.15, 0.2) is 16.6 Å². The van der Waals surface area contributed by atoms with E-state index in [1.807, 2.05) is 0 Å². The molecule has 1 aromatic rings. The number of benzene rings is 1. The van der Waals surface area contributed by atoms with E-state index in [0.29, 0.717) is 17.2 Å². The van der Waals surface area contributed by atoms with Gasteiger partial charge in [0, 0.05) is 6.07 Å². The molecule has 0 fully saturated rings. The predicted molar refractivity (Wildman–Crippen MR) is 51.7 cm³/mol. The third-order valence-corrected chi connectivity index (χ3v) is 2.12. The molecule has 0 aliphatic heterocycles. The van der Waals surface area contributed by atoms with Gasteiger partial charge in [-0.2, -0.15) is 0 Å². The van der Waals surface area contributed by atoms with Crippen molar-refractivity contribution < 1.29 is 9.47 Å². The summed E-state index contributed by atoms with van der Waals surface area (Å²) >= 11 is 3.31. The molecule has 0 aliphatic carbocycles. The van der Waals surface area contributed by atoms with Gasteiger partial charge in [-0.1, -0.05) is 0 Å². The molecule has 12 heavy (non-hydrogen) atoms. The number of rotatable bonds is 2. The van der Waals surface area contributed by atoms with E-state index in [9.17, 15) is 0 Å². The topological polar surface area (TPSA) is 44.5 Å². The molecule has 1 aromatic carbocycles. The van der Waals surface area contributed by atoms with Crippen molar-refractivity contribution in [3.63, 3.8) is 0 Å². The molecular weight excluding hydrogens is 222 g/mol. The monoisotopic (exact) mass is 231 g/mol. The molecule has 3 nitrogen and oxygen atoms in total. The molecule has 0 heterocycles. The third kappa shape index (κ3) is 1.64. The van der Waals surface area contributed by atoms with Gasteiger partial charge in [-0.15, -0.1) is 0 Å². The highest BCUT2D eigenvalue weighted by atomic mass is 79.9. The van der Waals surface area contributed by atoms with Crippen LogP contribution in [0.1, 0.15) is 0 Å². The fourth-order valence-corrected chi connectivity index (χ4v) is 1.41. The third-order valence-electron chi connectivity index (χ3n) is 1.50. The standard InChI is InChI=1S/C8H10BrNO2/c1-11-7-4-8(12-2)6(10)3-5(7)9/h3-4H,10H2,1-2H3.